The predicted octanol–water partition coefficient (Wildman–Crippen LogP) is 4.31. The van der Waals surface area contributed by atoms with Crippen molar-refractivity contribution in [2.24, 2.45) is 11.8 Å². The van der Waals surface area contributed by atoms with Crippen molar-refractivity contribution in [2.45, 2.75) is 38.5 Å². The largest absolute Gasteiger partial charge is 0.378 e. The third-order valence-electron chi connectivity index (χ3n) is 5.10. The number of carbonyl (C=O) groups excluding carboxylic acids is 1. The second-order valence-electron chi connectivity index (χ2n) is 6.71. The molecule has 0 aliphatic heterocycles. The molecule has 2 saturated carbocycles. The molecule has 112 valence electrons. The standard InChI is InChI=1S/C19H25NO/c1-20(2)17-10-7-14(8-11-17)13-16-9-12-18(19(16)21)15-5-3-4-6-15/h7-8,10-11,13,15,18H,3-6,9,12H2,1-2H3. The number of benzene rings is 1. The molecule has 2 aliphatic rings. The lowest BCUT2D eigenvalue weighted by Gasteiger charge is -2.15. The monoisotopic (exact) mass is 283 g/mol. The van der Waals surface area contributed by atoms with Crippen molar-refractivity contribution in [1.29, 1.82) is 0 Å². The van der Waals surface area contributed by atoms with Crippen molar-refractivity contribution in [3.8, 4) is 0 Å². The number of allylic oxidation sites excluding steroid dienone is 1. The fourth-order valence-corrected chi connectivity index (χ4v) is 3.83. The van der Waals surface area contributed by atoms with E-state index in [0.717, 1.165) is 24.0 Å². The van der Waals surface area contributed by atoms with Gasteiger partial charge in [-0.05, 0) is 60.9 Å². The van der Waals surface area contributed by atoms with E-state index < -0.39 is 0 Å². The summed E-state index contributed by atoms with van der Waals surface area (Å²) >= 11 is 0. The van der Waals surface area contributed by atoms with E-state index in [2.05, 4.69) is 35.2 Å². The van der Waals surface area contributed by atoms with Crippen LogP contribution >= 0.6 is 0 Å². The number of anilines is 1. The molecule has 1 atom stereocenters. The van der Waals surface area contributed by atoms with E-state index in [-0.39, 0.29) is 0 Å². The van der Waals surface area contributed by atoms with Crippen LogP contribution in [0.3, 0.4) is 0 Å². The fourth-order valence-electron chi connectivity index (χ4n) is 3.83. The zero-order valence-corrected chi connectivity index (χ0v) is 13.1. The Kier molecular flexibility index (Phi) is 4.14. The number of hydrogen-bond donors (Lipinski definition) is 0. The van der Waals surface area contributed by atoms with Crippen molar-refractivity contribution < 1.29 is 4.79 Å². The molecular formula is C19H25NO. The molecule has 1 unspecified atom stereocenters. The lowest BCUT2D eigenvalue weighted by atomic mass is 9.88. The number of carbonyl (C=O) groups is 1. The van der Waals surface area contributed by atoms with Gasteiger partial charge in [0.1, 0.15) is 0 Å². The third-order valence-corrected chi connectivity index (χ3v) is 5.10. The number of nitrogens with zero attached hydrogens (tertiary/aromatic N) is 1. The van der Waals surface area contributed by atoms with Crippen LogP contribution in [0.2, 0.25) is 0 Å². The smallest absolute Gasteiger partial charge is 0.162 e. The van der Waals surface area contributed by atoms with Gasteiger partial charge < -0.3 is 4.90 Å². The highest BCUT2D eigenvalue weighted by Crippen LogP contribution is 2.40. The minimum Gasteiger partial charge on any atom is -0.378 e. The van der Waals surface area contributed by atoms with Crippen molar-refractivity contribution >= 4 is 17.5 Å². The Bertz CT molecular complexity index is 535. The van der Waals surface area contributed by atoms with E-state index in [9.17, 15) is 4.79 Å². The summed E-state index contributed by atoms with van der Waals surface area (Å²) < 4.78 is 0. The summed E-state index contributed by atoms with van der Waals surface area (Å²) in [6.45, 7) is 0. The molecule has 0 aromatic heterocycles. The quantitative estimate of drug-likeness (QED) is 0.771. The molecule has 0 heterocycles. The Morgan fingerprint density at radius 3 is 2.33 bits per heavy atom. The SMILES string of the molecule is CN(C)c1ccc(C=C2CCC(C3CCCC3)C2=O)cc1. The second-order valence-corrected chi connectivity index (χ2v) is 6.71. The van der Waals surface area contributed by atoms with Gasteiger partial charge in [-0.2, -0.15) is 0 Å². The number of hydrogen-bond acceptors (Lipinski definition) is 2. The van der Waals surface area contributed by atoms with Crippen LogP contribution in [0, 0.1) is 11.8 Å². The van der Waals surface area contributed by atoms with Gasteiger partial charge >= 0.3 is 0 Å². The zero-order valence-electron chi connectivity index (χ0n) is 13.1. The van der Waals surface area contributed by atoms with Crippen molar-refractivity contribution in [3.63, 3.8) is 0 Å². The van der Waals surface area contributed by atoms with Gasteiger partial charge in [0.15, 0.2) is 5.78 Å². The van der Waals surface area contributed by atoms with Gasteiger partial charge in [-0.15, -0.1) is 0 Å². The van der Waals surface area contributed by atoms with Gasteiger partial charge in [0.2, 0.25) is 0 Å². The molecule has 1 aromatic rings. The lowest BCUT2D eigenvalue weighted by Crippen LogP contribution is -2.16. The highest BCUT2D eigenvalue weighted by Gasteiger charge is 2.36. The minimum atomic E-state index is 0.319. The Labute approximate surface area is 127 Å². The Balaban J connectivity index is 1.73. The van der Waals surface area contributed by atoms with Crippen molar-refractivity contribution in [1.82, 2.24) is 0 Å². The lowest BCUT2D eigenvalue weighted by molar-refractivity contribution is -0.119. The van der Waals surface area contributed by atoms with Gasteiger partial charge in [0.05, 0.1) is 0 Å². The van der Waals surface area contributed by atoms with E-state index in [1.165, 1.54) is 31.4 Å². The van der Waals surface area contributed by atoms with Crippen LogP contribution in [0.5, 0.6) is 0 Å². The second kappa shape index (κ2) is 6.05. The maximum absolute atomic E-state index is 12.6. The summed E-state index contributed by atoms with van der Waals surface area (Å²) in [6, 6.07) is 8.44. The van der Waals surface area contributed by atoms with E-state index in [1.54, 1.807) is 0 Å². The van der Waals surface area contributed by atoms with Gasteiger partial charge in [0, 0.05) is 25.7 Å². The van der Waals surface area contributed by atoms with Crippen LogP contribution in [0.1, 0.15) is 44.1 Å². The molecule has 3 rings (SSSR count). The van der Waals surface area contributed by atoms with Crippen molar-refractivity contribution in [2.75, 3.05) is 19.0 Å². The summed E-state index contributed by atoms with van der Waals surface area (Å²) in [5.74, 6) is 1.41. The van der Waals surface area contributed by atoms with Crippen LogP contribution in [0.4, 0.5) is 5.69 Å². The first-order chi connectivity index (χ1) is 10.1. The first-order valence-electron chi connectivity index (χ1n) is 8.17. The normalized spacial score (nSPS) is 25.0. The van der Waals surface area contributed by atoms with E-state index in [4.69, 9.17) is 0 Å². The molecule has 2 fully saturated rings. The van der Waals surface area contributed by atoms with Crippen LogP contribution in [-0.4, -0.2) is 19.9 Å². The maximum Gasteiger partial charge on any atom is 0.162 e. The Hall–Kier alpha value is -1.57. The molecule has 2 nitrogen and oxygen atoms in total. The van der Waals surface area contributed by atoms with Crippen LogP contribution < -0.4 is 4.90 Å². The van der Waals surface area contributed by atoms with Crippen LogP contribution in [-0.2, 0) is 4.79 Å². The zero-order chi connectivity index (χ0) is 14.8. The Morgan fingerprint density at radius 1 is 1.05 bits per heavy atom. The van der Waals surface area contributed by atoms with E-state index >= 15 is 0 Å². The average molecular weight is 283 g/mol. The third kappa shape index (κ3) is 3.04. The summed E-state index contributed by atoms with van der Waals surface area (Å²) in [6.07, 6.45) is 9.32. The van der Waals surface area contributed by atoms with Gasteiger partial charge in [0.25, 0.3) is 0 Å². The van der Waals surface area contributed by atoms with Crippen LogP contribution in [0.15, 0.2) is 29.8 Å². The average Bonchev–Trinajstić information content (AvgIpc) is 3.10. The molecule has 0 radical (unpaired) electrons. The summed E-state index contributed by atoms with van der Waals surface area (Å²) in [5.41, 5.74) is 3.39. The molecule has 0 bridgehead atoms. The van der Waals surface area contributed by atoms with Gasteiger partial charge in [-0.3, -0.25) is 4.79 Å². The van der Waals surface area contributed by atoms with Crippen molar-refractivity contribution in [3.05, 3.63) is 35.4 Å². The number of Topliss-reactive ketones (excluding diaryl/α,β-unsaturated/α-hetero) is 1. The fraction of sp³-hybridized carbons (Fsp3) is 0.526. The Morgan fingerprint density at radius 2 is 1.71 bits per heavy atom. The van der Waals surface area contributed by atoms with Crippen LogP contribution in [0.25, 0.3) is 6.08 Å². The molecule has 0 saturated heterocycles. The molecule has 1 aromatic carbocycles. The molecule has 0 N–H and O–H groups in total. The first-order valence-corrected chi connectivity index (χ1v) is 8.17. The predicted molar refractivity (Wildman–Crippen MR) is 88.4 cm³/mol. The molecule has 2 heteroatoms. The van der Waals surface area contributed by atoms with E-state index in [0.29, 0.717) is 17.6 Å². The van der Waals surface area contributed by atoms with Gasteiger partial charge in [-0.25, -0.2) is 0 Å². The molecule has 2 aliphatic carbocycles. The highest BCUT2D eigenvalue weighted by molar-refractivity contribution is 6.03. The molecule has 21 heavy (non-hydrogen) atoms. The molecular weight excluding hydrogens is 258 g/mol. The summed E-state index contributed by atoms with van der Waals surface area (Å²) in [5, 5.41) is 0. The highest BCUT2D eigenvalue weighted by atomic mass is 16.1. The van der Waals surface area contributed by atoms with Gasteiger partial charge in [-0.1, -0.05) is 25.0 Å². The number of rotatable bonds is 3. The first kappa shape index (κ1) is 14.4. The summed E-state index contributed by atoms with van der Waals surface area (Å²) in [4.78, 5) is 14.7. The summed E-state index contributed by atoms with van der Waals surface area (Å²) in [7, 11) is 4.08. The topological polar surface area (TPSA) is 20.3 Å². The minimum absolute atomic E-state index is 0.319. The molecule has 0 amide bonds. The maximum atomic E-state index is 12.6. The van der Waals surface area contributed by atoms with E-state index in [1.807, 2.05) is 14.1 Å². The number of ketones is 1. The molecule has 0 spiro atoms.